The summed E-state index contributed by atoms with van der Waals surface area (Å²) in [6.45, 7) is 1.74. The minimum Gasteiger partial charge on any atom is -0.279 e. The van der Waals surface area contributed by atoms with E-state index < -0.39 is 20.6 Å². The molecule has 0 spiro atoms. The van der Waals surface area contributed by atoms with Gasteiger partial charge in [0.2, 0.25) is 0 Å². The fourth-order valence-electron chi connectivity index (χ4n) is 1.74. The maximum atomic E-state index is 12.4. The molecule has 0 bridgehead atoms. The van der Waals surface area contributed by atoms with Gasteiger partial charge in [-0.1, -0.05) is 34.1 Å². The van der Waals surface area contributed by atoms with Crippen LogP contribution in [0.15, 0.2) is 51.8 Å². The molecule has 0 aliphatic rings. The summed E-state index contributed by atoms with van der Waals surface area (Å²) < 4.78 is 27.8. The Labute approximate surface area is 130 Å². The first-order chi connectivity index (χ1) is 9.81. The molecule has 2 aromatic carbocycles. The molecule has 8 heteroatoms. The van der Waals surface area contributed by atoms with Gasteiger partial charge >= 0.3 is 0 Å². The normalized spacial score (nSPS) is 11.1. The summed E-state index contributed by atoms with van der Waals surface area (Å²) in [7, 11) is -4.04. The third-order valence-corrected chi connectivity index (χ3v) is 4.70. The zero-order chi connectivity index (χ0) is 15.6. The van der Waals surface area contributed by atoms with Crippen LogP contribution in [0.1, 0.15) is 5.56 Å². The van der Waals surface area contributed by atoms with Gasteiger partial charge in [0.05, 0.1) is 10.6 Å². The number of rotatable bonds is 4. The molecule has 0 unspecified atom stereocenters. The van der Waals surface area contributed by atoms with E-state index >= 15 is 0 Å². The highest BCUT2D eigenvalue weighted by molar-refractivity contribution is 9.10. The van der Waals surface area contributed by atoms with Gasteiger partial charge in [-0.25, -0.2) is 8.42 Å². The van der Waals surface area contributed by atoms with Crippen LogP contribution in [0.5, 0.6) is 0 Å². The minimum atomic E-state index is -4.04. The molecule has 0 fully saturated rings. The van der Waals surface area contributed by atoms with Crippen molar-refractivity contribution in [2.45, 2.75) is 11.8 Å². The lowest BCUT2D eigenvalue weighted by Gasteiger charge is -2.11. The molecule has 2 aromatic rings. The van der Waals surface area contributed by atoms with Gasteiger partial charge < -0.3 is 0 Å². The number of hydrogen-bond donors (Lipinski definition) is 1. The summed E-state index contributed by atoms with van der Waals surface area (Å²) in [6, 6.07) is 10.3. The van der Waals surface area contributed by atoms with Crippen molar-refractivity contribution >= 4 is 37.3 Å². The molecule has 6 nitrogen and oxygen atoms in total. The maximum Gasteiger partial charge on any atom is 0.289 e. The van der Waals surface area contributed by atoms with Gasteiger partial charge in [-0.3, -0.25) is 14.8 Å². The van der Waals surface area contributed by atoms with Gasteiger partial charge in [0.25, 0.3) is 15.7 Å². The first-order valence-electron chi connectivity index (χ1n) is 5.83. The van der Waals surface area contributed by atoms with Crippen molar-refractivity contribution in [3.8, 4) is 0 Å². The average molecular weight is 371 g/mol. The number of nitro benzene ring substituents is 1. The number of nitrogens with zero attached hydrogens (tertiary/aromatic N) is 1. The van der Waals surface area contributed by atoms with E-state index in [1.54, 1.807) is 25.1 Å². The second-order valence-corrected chi connectivity index (χ2v) is 6.86. The van der Waals surface area contributed by atoms with Crippen LogP contribution >= 0.6 is 15.9 Å². The van der Waals surface area contributed by atoms with Gasteiger partial charge in [-0.05, 0) is 30.7 Å². The molecule has 0 aliphatic carbocycles. The molecule has 110 valence electrons. The van der Waals surface area contributed by atoms with E-state index in [4.69, 9.17) is 0 Å². The molecule has 0 radical (unpaired) electrons. The van der Waals surface area contributed by atoms with Gasteiger partial charge in [-0.15, -0.1) is 0 Å². The molecule has 21 heavy (non-hydrogen) atoms. The summed E-state index contributed by atoms with van der Waals surface area (Å²) in [6.07, 6.45) is 0. The lowest BCUT2D eigenvalue weighted by molar-refractivity contribution is -0.387. The van der Waals surface area contributed by atoms with Crippen molar-refractivity contribution in [3.05, 3.63) is 62.6 Å². The predicted octanol–water partition coefficient (Wildman–Crippen LogP) is 3.47. The Hall–Kier alpha value is -1.93. The highest BCUT2D eigenvalue weighted by Gasteiger charge is 2.25. The lowest BCUT2D eigenvalue weighted by atomic mass is 10.2. The number of aryl methyl sites for hydroxylation is 1. The van der Waals surface area contributed by atoms with Crippen LogP contribution in [0.25, 0.3) is 0 Å². The minimum absolute atomic E-state index is 0.363. The van der Waals surface area contributed by atoms with E-state index in [1.165, 1.54) is 18.2 Å². The molecule has 0 saturated carbocycles. The molecule has 0 aliphatic heterocycles. The van der Waals surface area contributed by atoms with Crippen molar-refractivity contribution in [2.75, 3.05) is 4.72 Å². The maximum absolute atomic E-state index is 12.4. The van der Waals surface area contributed by atoms with E-state index in [1.807, 2.05) is 0 Å². The van der Waals surface area contributed by atoms with Gasteiger partial charge in [0.1, 0.15) is 0 Å². The molecule has 1 N–H and O–H groups in total. The molecule has 0 aromatic heterocycles. The highest BCUT2D eigenvalue weighted by atomic mass is 79.9. The summed E-state index contributed by atoms with van der Waals surface area (Å²) in [4.78, 5) is 9.86. The van der Waals surface area contributed by atoms with Gasteiger partial charge in [0, 0.05) is 10.5 Å². The number of nitrogens with one attached hydrogen (secondary N) is 1. The summed E-state index contributed by atoms with van der Waals surface area (Å²) in [5.74, 6) is 0. The molecular formula is C13H11BrN2O4S. The van der Waals surface area contributed by atoms with Crippen molar-refractivity contribution in [1.29, 1.82) is 0 Å². The molecule has 0 atom stereocenters. The van der Waals surface area contributed by atoms with E-state index in [0.29, 0.717) is 15.7 Å². The Kier molecular flexibility index (Phi) is 4.29. The molecule has 0 amide bonds. The van der Waals surface area contributed by atoms with E-state index in [-0.39, 0.29) is 4.90 Å². The molecule has 0 saturated heterocycles. The van der Waals surface area contributed by atoms with Crippen molar-refractivity contribution in [1.82, 2.24) is 0 Å². The second-order valence-electron chi connectivity index (χ2n) is 4.29. The lowest BCUT2D eigenvalue weighted by Crippen LogP contribution is -2.15. The SMILES string of the molecule is Cc1ccc(Br)cc1NS(=O)(=O)c1ccccc1[N+](=O)[O-]. The third-order valence-electron chi connectivity index (χ3n) is 2.80. The Morgan fingerprint density at radius 2 is 1.86 bits per heavy atom. The first-order valence-corrected chi connectivity index (χ1v) is 8.11. The Balaban J connectivity index is 2.49. The average Bonchev–Trinajstić information content (AvgIpc) is 2.42. The van der Waals surface area contributed by atoms with Crippen LogP contribution in [0.2, 0.25) is 0 Å². The van der Waals surface area contributed by atoms with Crippen LogP contribution in [0, 0.1) is 17.0 Å². The summed E-state index contributed by atoms with van der Waals surface area (Å²) in [5, 5.41) is 10.9. The number of sulfonamides is 1. The third kappa shape index (κ3) is 3.40. The van der Waals surface area contributed by atoms with Crippen LogP contribution in [-0.4, -0.2) is 13.3 Å². The molecule has 0 heterocycles. The van der Waals surface area contributed by atoms with Crippen LogP contribution in [-0.2, 0) is 10.0 Å². The largest absolute Gasteiger partial charge is 0.289 e. The fourth-order valence-corrected chi connectivity index (χ4v) is 3.40. The Morgan fingerprint density at radius 1 is 1.19 bits per heavy atom. The van der Waals surface area contributed by atoms with Gasteiger partial charge in [-0.2, -0.15) is 0 Å². The zero-order valence-electron chi connectivity index (χ0n) is 10.9. The number of hydrogen-bond acceptors (Lipinski definition) is 4. The highest BCUT2D eigenvalue weighted by Crippen LogP contribution is 2.27. The first kappa shape index (κ1) is 15.5. The number of benzene rings is 2. The van der Waals surface area contributed by atoms with E-state index in [2.05, 4.69) is 20.7 Å². The number of nitro groups is 1. The van der Waals surface area contributed by atoms with Crippen molar-refractivity contribution < 1.29 is 13.3 Å². The topological polar surface area (TPSA) is 89.3 Å². The fraction of sp³-hybridized carbons (Fsp3) is 0.0769. The predicted molar refractivity (Wildman–Crippen MR) is 82.8 cm³/mol. The Morgan fingerprint density at radius 3 is 2.52 bits per heavy atom. The van der Waals surface area contributed by atoms with Crippen molar-refractivity contribution in [2.24, 2.45) is 0 Å². The number of para-hydroxylation sites is 1. The standard InChI is InChI=1S/C13H11BrN2O4S/c1-9-6-7-10(14)8-11(9)15-21(19,20)13-5-3-2-4-12(13)16(17)18/h2-8,15H,1H3. The smallest absolute Gasteiger partial charge is 0.279 e. The molecule has 2 rings (SSSR count). The van der Waals surface area contributed by atoms with E-state index in [0.717, 1.165) is 6.07 Å². The van der Waals surface area contributed by atoms with E-state index in [9.17, 15) is 18.5 Å². The molecular weight excluding hydrogens is 360 g/mol. The van der Waals surface area contributed by atoms with Crippen LogP contribution < -0.4 is 4.72 Å². The zero-order valence-corrected chi connectivity index (χ0v) is 13.3. The van der Waals surface area contributed by atoms with Crippen molar-refractivity contribution in [3.63, 3.8) is 0 Å². The summed E-state index contributed by atoms with van der Waals surface area (Å²) in [5.41, 5.74) is 0.612. The quantitative estimate of drug-likeness (QED) is 0.658. The van der Waals surface area contributed by atoms with Crippen LogP contribution in [0.4, 0.5) is 11.4 Å². The number of halogens is 1. The number of anilines is 1. The monoisotopic (exact) mass is 370 g/mol. The van der Waals surface area contributed by atoms with Crippen LogP contribution in [0.3, 0.4) is 0 Å². The van der Waals surface area contributed by atoms with Gasteiger partial charge in [0.15, 0.2) is 4.90 Å². The Bertz CT molecular complexity index is 806. The summed E-state index contributed by atoms with van der Waals surface area (Å²) >= 11 is 3.25. The second kappa shape index (κ2) is 5.82.